The van der Waals surface area contributed by atoms with Crippen LogP contribution in [-0.2, 0) is 6.42 Å². The smallest absolute Gasteiger partial charge is 0.393 e. The second-order valence-electron chi connectivity index (χ2n) is 2.65. The summed E-state index contributed by atoms with van der Waals surface area (Å²) in [5.41, 5.74) is -0.321. The van der Waals surface area contributed by atoms with Gasteiger partial charge < -0.3 is 5.11 Å². The number of aromatic nitrogens is 1. The van der Waals surface area contributed by atoms with E-state index >= 15 is 0 Å². The van der Waals surface area contributed by atoms with Gasteiger partial charge in [0, 0.05) is 6.20 Å². The van der Waals surface area contributed by atoms with Crippen molar-refractivity contribution in [2.45, 2.75) is 12.6 Å². The number of carboxylic acids is 1. The summed E-state index contributed by atoms with van der Waals surface area (Å²) in [4.78, 5) is 13.7. The number of rotatable bonds is 2. The number of hydrogen-bond acceptors (Lipinski definition) is 2. The Bertz CT molecular complexity index is 331. The molecule has 1 aromatic heterocycles. The number of hydrogen-bond donors (Lipinski definition) is 1. The molecular weight excluding hydrogens is 199 g/mol. The van der Waals surface area contributed by atoms with Crippen LogP contribution in [0.3, 0.4) is 0 Å². The average Bonchev–Trinajstić information content (AvgIpc) is 2.02. The molecule has 3 nitrogen and oxygen atoms in total. The lowest BCUT2D eigenvalue weighted by Gasteiger charge is -2.05. The first kappa shape index (κ1) is 10.5. The molecule has 0 bridgehead atoms. The maximum absolute atomic E-state index is 11.9. The fourth-order valence-corrected chi connectivity index (χ4v) is 0.887. The third-order valence-electron chi connectivity index (χ3n) is 1.45. The lowest BCUT2D eigenvalue weighted by Crippen LogP contribution is -2.12. The summed E-state index contributed by atoms with van der Waals surface area (Å²) in [6.07, 6.45) is -4.48. The van der Waals surface area contributed by atoms with Gasteiger partial charge in [0.2, 0.25) is 0 Å². The molecule has 0 aliphatic carbocycles. The van der Waals surface area contributed by atoms with Crippen LogP contribution in [0.2, 0.25) is 0 Å². The summed E-state index contributed by atoms with van der Waals surface area (Å²) in [5.74, 6) is -1.26. The van der Waals surface area contributed by atoms with Crippen LogP contribution < -0.4 is 0 Å². The molecule has 0 saturated carbocycles. The van der Waals surface area contributed by atoms with Gasteiger partial charge in [-0.15, -0.1) is 0 Å². The van der Waals surface area contributed by atoms with Crippen molar-refractivity contribution in [1.82, 2.24) is 4.98 Å². The lowest BCUT2D eigenvalue weighted by molar-refractivity contribution is -0.127. The van der Waals surface area contributed by atoms with E-state index < -0.39 is 18.6 Å². The minimum absolute atomic E-state index is 0.0532. The zero-order chi connectivity index (χ0) is 10.8. The maximum Gasteiger partial charge on any atom is 0.393 e. The van der Waals surface area contributed by atoms with Crippen LogP contribution in [0.4, 0.5) is 13.2 Å². The van der Waals surface area contributed by atoms with Crippen molar-refractivity contribution < 1.29 is 23.1 Å². The van der Waals surface area contributed by atoms with Crippen LogP contribution in [0.15, 0.2) is 18.3 Å². The van der Waals surface area contributed by atoms with Gasteiger partial charge in [0.15, 0.2) is 0 Å². The van der Waals surface area contributed by atoms with Gasteiger partial charge >= 0.3 is 12.1 Å². The Morgan fingerprint density at radius 2 is 2.07 bits per heavy atom. The number of pyridine rings is 1. The Morgan fingerprint density at radius 1 is 1.43 bits per heavy atom. The molecule has 76 valence electrons. The van der Waals surface area contributed by atoms with Crippen LogP contribution in [0.1, 0.15) is 16.1 Å². The fraction of sp³-hybridized carbons (Fsp3) is 0.250. The van der Waals surface area contributed by atoms with Crippen molar-refractivity contribution in [2.24, 2.45) is 0 Å². The summed E-state index contributed by atoms with van der Waals surface area (Å²) < 4.78 is 35.6. The lowest BCUT2D eigenvalue weighted by atomic mass is 10.2. The summed E-state index contributed by atoms with van der Waals surface area (Å²) in [6.45, 7) is 0. The summed E-state index contributed by atoms with van der Waals surface area (Å²) in [7, 11) is 0. The number of nitrogens with zero attached hydrogens (tertiary/aromatic N) is 1. The predicted octanol–water partition coefficient (Wildman–Crippen LogP) is 1.88. The number of carboxylic acid groups (broad SMARTS) is 1. The molecule has 0 aliphatic rings. The largest absolute Gasteiger partial charge is 0.477 e. The van der Waals surface area contributed by atoms with Crippen LogP contribution in [0, 0.1) is 0 Å². The van der Waals surface area contributed by atoms with Gasteiger partial charge in [-0.25, -0.2) is 9.78 Å². The molecule has 0 atom stereocenters. The summed E-state index contributed by atoms with van der Waals surface area (Å²) in [6, 6.07) is 2.15. The van der Waals surface area contributed by atoms with Crippen LogP contribution in [-0.4, -0.2) is 22.2 Å². The SMILES string of the molecule is O=C(O)c1ccc(CC(F)(F)F)cn1. The number of halogens is 3. The molecule has 0 spiro atoms. The minimum atomic E-state index is -4.30. The minimum Gasteiger partial charge on any atom is -0.477 e. The molecule has 0 unspecified atom stereocenters. The van der Waals surface area contributed by atoms with Gasteiger partial charge in [0.05, 0.1) is 6.42 Å². The first-order valence-electron chi connectivity index (χ1n) is 3.63. The fourth-order valence-electron chi connectivity index (χ4n) is 0.887. The Kier molecular flexibility index (Phi) is 2.73. The molecule has 1 N–H and O–H groups in total. The van der Waals surface area contributed by atoms with Crippen LogP contribution in [0.5, 0.6) is 0 Å². The Hall–Kier alpha value is -1.59. The topological polar surface area (TPSA) is 50.2 Å². The first-order valence-corrected chi connectivity index (χ1v) is 3.63. The molecule has 1 aromatic rings. The van der Waals surface area contributed by atoms with E-state index in [1.807, 2.05) is 0 Å². The maximum atomic E-state index is 11.9. The van der Waals surface area contributed by atoms with Crippen LogP contribution >= 0.6 is 0 Å². The van der Waals surface area contributed by atoms with Crippen molar-refractivity contribution in [3.05, 3.63) is 29.6 Å². The number of alkyl halides is 3. The molecule has 6 heteroatoms. The van der Waals surface area contributed by atoms with E-state index in [2.05, 4.69) is 4.98 Å². The summed E-state index contributed by atoms with van der Waals surface area (Å²) in [5, 5.41) is 8.42. The van der Waals surface area contributed by atoms with Crippen molar-refractivity contribution in [1.29, 1.82) is 0 Å². The predicted molar refractivity (Wildman–Crippen MR) is 41.0 cm³/mol. The van der Waals surface area contributed by atoms with E-state index in [1.54, 1.807) is 0 Å². The van der Waals surface area contributed by atoms with Crippen molar-refractivity contribution in [2.75, 3.05) is 0 Å². The van der Waals surface area contributed by atoms with Gasteiger partial charge in [0.1, 0.15) is 5.69 Å². The van der Waals surface area contributed by atoms with E-state index in [-0.39, 0.29) is 11.3 Å². The molecule has 1 rings (SSSR count). The molecule has 0 saturated heterocycles. The second-order valence-corrected chi connectivity index (χ2v) is 2.65. The Morgan fingerprint density at radius 3 is 2.43 bits per heavy atom. The molecule has 0 fully saturated rings. The van der Waals surface area contributed by atoms with E-state index in [9.17, 15) is 18.0 Å². The first-order chi connectivity index (χ1) is 6.38. The molecule has 0 amide bonds. The monoisotopic (exact) mass is 205 g/mol. The van der Waals surface area contributed by atoms with E-state index in [0.717, 1.165) is 18.3 Å². The van der Waals surface area contributed by atoms with Gasteiger partial charge in [0.25, 0.3) is 0 Å². The van der Waals surface area contributed by atoms with Crippen LogP contribution in [0.25, 0.3) is 0 Å². The molecule has 0 aliphatic heterocycles. The molecule has 0 radical (unpaired) electrons. The third-order valence-corrected chi connectivity index (χ3v) is 1.45. The molecular formula is C8H6F3NO2. The highest BCUT2D eigenvalue weighted by atomic mass is 19.4. The van der Waals surface area contributed by atoms with E-state index in [0.29, 0.717) is 0 Å². The van der Waals surface area contributed by atoms with Crippen molar-refractivity contribution in [3.63, 3.8) is 0 Å². The van der Waals surface area contributed by atoms with Gasteiger partial charge in [-0.3, -0.25) is 0 Å². The van der Waals surface area contributed by atoms with Crippen molar-refractivity contribution in [3.8, 4) is 0 Å². The van der Waals surface area contributed by atoms with E-state index in [4.69, 9.17) is 5.11 Å². The van der Waals surface area contributed by atoms with Gasteiger partial charge in [-0.1, -0.05) is 6.07 Å². The quantitative estimate of drug-likeness (QED) is 0.801. The zero-order valence-electron chi connectivity index (χ0n) is 6.88. The highest BCUT2D eigenvalue weighted by molar-refractivity contribution is 5.85. The van der Waals surface area contributed by atoms with Gasteiger partial charge in [-0.2, -0.15) is 13.2 Å². The average molecular weight is 205 g/mol. The van der Waals surface area contributed by atoms with Gasteiger partial charge in [-0.05, 0) is 11.6 Å². The zero-order valence-corrected chi connectivity index (χ0v) is 6.88. The highest BCUT2D eigenvalue weighted by Gasteiger charge is 2.27. The highest BCUT2D eigenvalue weighted by Crippen LogP contribution is 2.20. The molecule has 1 heterocycles. The summed E-state index contributed by atoms with van der Waals surface area (Å²) >= 11 is 0. The Balaban J connectivity index is 2.79. The standard InChI is InChI=1S/C8H6F3NO2/c9-8(10,11)3-5-1-2-6(7(13)14)12-4-5/h1-2,4H,3H2,(H,13,14). The molecule has 14 heavy (non-hydrogen) atoms. The number of aromatic carboxylic acids is 1. The van der Waals surface area contributed by atoms with E-state index in [1.165, 1.54) is 0 Å². The number of carbonyl (C=O) groups is 1. The van der Waals surface area contributed by atoms with Crippen molar-refractivity contribution >= 4 is 5.97 Å². The normalized spacial score (nSPS) is 11.4. The Labute approximate surface area is 77.2 Å². The molecule has 0 aromatic carbocycles. The third kappa shape index (κ3) is 3.04. The second kappa shape index (κ2) is 3.65.